The number of para-hydroxylation sites is 1. The second kappa shape index (κ2) is 17.0. The van der Waals surface area contributed by atoms with Crippen LogP contribution >= 0.6 is 0 Å². The van der Waals surface area contributed by atoms with Crippen LogP contribution in [0.5, 0.6) is 11.5 Å². The van der Waals surface area contributed by atoms with Gasteiger partial charge in [0.15, 0.2) is 0 Å². The maximum Gasteiger partial charge on any atom is 0.146 e. The Kier molecular flexibility index (Phi) is 12.1. The van der Waals surface area contributed by atoms with Gasteiger partial charge in [0.05, 0.1) is 38.4 Å². The van der Waals surface area contributed by atoms with Crippen LogP contribution in [0.1, 0.15) is 38.6 Å². The number of nitrogens with zero attached hydrogens (tertiary/aromatic N) is 5. The van der Waals surface area contributed by atoms with Crippen LogP contribution in [0.2, 0.25) is 0 Å². The molecule has 3 heterocycles. The van der Waals surface area contributed by atoms with E-state index in [1.807, 2.05) is 56.4 Å². The zero-order valence-corrected chi connectivity index (χ0v) is 28.0. The lowest BCUT2D eigenvalue weighted by atomic mass is 9.89. The zero-order chi connectivity index (χ0) is 32.3. The number of piperazine rings is 1. The third kappa shape index (κ3) is 8.69. The topological polar surface area (TPSA) is 86.1 Å². The van der Waals surface area contributed by atoms with Gasteiger partial charge in [-0.05, 0) is 62.4 Å². The van der Waals surface area contributed by atoms with E-state index >= 15 is 0 Å². The lowest BCUT2D eigenvalue weighted by molar-refractivity contribution is 0.00716. The van der Waals surface area contributed by atoms with Crippen molar-refractivity contribution in [1.29, 1.82) is 0 Å². The van der Waals surface area contributed by atoms with Gasteiger partial charge in [-0.2, -0.15) is 0 Å². The van der Waals surface area contributed by atoms with Crippen LogP contribution in [0, 0.1) is 0 Å². The summed E-state index contributed by atoms with van der Waals surface area (Å²) in [5.74, 6) is 2.50. The Morgan fingerprint density at radius 1 is 0.745 bits per heavy atom. The molecule has 0 radical (unpaired) electrons. The molecule has 0 spiro atoms. The summed E-state index contributed by atoms with van der Waals surface area (Å²) in [6.45, 7) is 11.5. The molecule has 2 aromatic heterocycles. The summed E-state index contributed by atoms with van der Waals surface area (Å²) in [6.07, 6.45) is 8.70. The summed E-state index contributed by atoms with van der Waals surface area (Å²) in [7, 11) is 1.93. The summed E-state index contributed by atoms with van der Waals surface area (Å²) < 4.78 is 25.1. The summed E-state index contributed by atoms with van der Waals surface area (Å²) in [5, 5.41) is 4.38. The second-order valence-electron chi connectivity index (χ2n) is 12.3. The van der Waals surface area contributed by atoms with Crippen molar-refractivity contribution in [1.82, 2.24) is 24.3 Å². The van der Waals surface area contributed by atoms with Crippen LogP contribution in [-0.4, -0.2) is 110 Å². The number of benzene rings is 2. The molecule has 252 valence electrons. The molecule has 1 saturated heterocycles. The first kappa shape index (κ1) is 33.4. The molecular weight excluding hydrogens is 592 g/mol. The number of hydrogen-bond donors (Lipinski definition) is 1. The van der Waals surface area contributed by atoms with E-state index in [0.29, 0.717) is 38.5 Å². The molecule has 6 rings (SSSR count). The molecule has 1 saturated carbocycles. The molecule has 47 heavy (non-hydrogen) atoms. The molecule has 0 unspecified atom stereocenters. The van der Waals surface area contributed by atoms with E-state index < -0.39 is 0 Å². The summed E-state index contributed by atoms with van der Waals surface area (Å²) in [4.78, 5) is 14.6. The van der Waals surface area contributed by atoms with E-state index in [0.717, 1.165) is 98.3 Å². The van der Waals surface area contributed by atoms with Crippen molar-refractivity contribution in [3.8, 4) is 22.6 Å². The Morgan fingerprint density at radius 3 is 2.11 bits per heavy atom. The lowest BCUT2D eigenvalue weighted by Gasteiger charge is -2.42. The largest absolute Gasteiger partial charge is 0.457 e. The maximum atomic E-state index is 6.05. The van der Waals surface area contributed by atoms with Crippen LogP contribution in [0.25, 0.3) is 22.2 Å². The number of rotatable bonds is 16. The summed E-state index contributed by atoms with van der Waals surface area (Å²) >= 11 is 0. The van der Waals surface area contributed by atoms with E-state index in [2.05, 4.69) is 43.0 Å². The van der Waals surface area contributed by atoms with E-state index in [1.54, 1.807) is 6.33 Å². The number of nitrogens with one attached hydrogen (secondary N) is 1. The van der Waals surface area contributed by atoms with Crippen LogP contribution < -0.4 is 10.1 Å². The third-order valence-corrected chi connectivity index (χ3v) is 9.47. The number of aromatic nitrogens is 3. The lowest BCUT2D eigenvalue weighted by Crippen LogP contribution is -2.51. The predicted octanol–water partition coefficient (Wildman–Crippen LogP) is 6.10. The summed E-state index contributed by atoms with van der Waals surface area (Å²) in [6, 6.07) is 19.3. The minimum Gasteiger partial charge on any atom is -0.457 e. The maximum absolute atomic E-state index is 6.05. The highest BCUT2D eigenvalue weighted by Gasteiger charge is 2.30. The highest BCUT2D eigenvalue weighted by atomic mass is 16.5. The van der Waals surface area contributed by atoms with Crippen molar-refractivity contribution in [2.24, 2.45) is 0 Å². The number of ether oxygens (including phenoxy) is 4. The molecule has 0 bridgehead atoms. The molecule has 10 nitrogen and oxygen atoms in total. The monoisotopic (exact) mass is 642 g/mol. The van der Waals surface area contributed by atoms with Crippen LogP contribution in [0.15, 0.2) is 67.1 Å². The molecule has 1 aliphatic carbocycles. The van der Waals surface area contributed by atoms with Gasteiger partial charge < -0.3 is 28.8 Å². The van der Waals surface area contributed by atoms with E-state index in [9.17, 15) is 0 Å². The van der Waals surface area contributed by atoms with Gasteiger partial charge >= 0.3 is 0 Å². The number of fused-ring (bicyclic) bond motifs is 1. The van der Waals surface area contributed by atoms with Gasteiger partial charge in [0.25, 0.3) is 0 Å². The van der Waals surface area contributed by atoms with Crippen molar-refractivity contribution in [2.45, 2.75) is 44.7 Å². The molecule has 2 fully saturated rings. The van der Waals surface area contributed by atoms with Crippen molar-refractivity contribution in [2.75, 3.05) is 84.7 Å². The minimum atomic E-state index is 0.421. The molecule has 1 aliphatic heterocycles. The molecule has 2 aromatic carbocycles. The van der Waals surface area contributed by atoms with Crippen molar-refractivity contribution in [3.63, 3.8) is 0 Å². The van der Waals surface area contributed by atoms with Crippen LogP contribution in [-0.2, 0) is 14.2 Å². The fourth-order valence-electron chi connectivity index (χ4n) is 6.93. The molecule has 10 heteroatoms. The van der Waals surface area contributed by atoms with Crippen molar-refractivity contribution >= 4 is 16.9 Å². The Bertz CT molecular complexity index is 1500. The van der Waals surface area contributed by atoms with Gasteiger partial charge in [-0.1, -0.05) is 30.3 Å². The van der Waals surface area contributed by atoms with Gasteiger partial charge in [-0.3, -0.25) is 9.80 Å². The quantitative estimate of drug-likeness (QED) is 0.146. The first-order valence-corrected chi connectivity index (χ1v) is 17.3. The minimum absolute atomic E-state index is 0.421. The van der Waals surface area contributed by atoms with E-state index in [1.165, 1.54) is 12.8 Å². The fourth-order valence-corrected chi connectivity index (χ4v) is 6.93. The van der Waals surface area contributed by atoms with Gasteiger partial charge in [0, 0.05) is 70.2 Å². The first-order valence-electron chi connectivity index (χ1n) is 17.3. The molecule has 0 amide bonds. The van der Waals surface area contributed by atoms with E-state index in [-0.39, 0.29) is 0 Å². The van der Waals surface area contributed by atoms with Crippen molar-refractivity contribution < 1.29 is 18.9 Å². The first-order chi connectivity index (χ1) is 23.2. The molecular formula is C37H50N6O4. The molecule has 2 aliphatic rings. The third-order valence-electron chi connectivity index (χ3n) is 9.47. The Balaban J connectivity index is 1.01. The van der Waals surface area contributed by atoms with E-state index in [4.69, 9.17) is 23.9 Å². The Morgan fingerprint density at radius 2 is 1.40 bits per heavy atom. The van der Waals surface area contributed by atoms with Crippen LogP contribution in [0.3, 0.4) is 0 Å². The SMILES string of the molecule is CCOCCOCCOCCN1CCN(C2CCC(n3cc(-c4ccc(Oc5ccccc5)cc4)c4c(NC)ncnc43)CC2)CC1. The van der Waals surface area contributed by atoms with Crippen LogP contribution in [0.4, 0.5) is 5.82 Å². The highest BCUT2D eigenvalue weighted by Crippen LogP contribution is 2.40. The fraction of sp³-hybridized carbons (Fsp3) is 0.514. The van der Waals surface area contributed by atoms with Gasteiger partial charge in [-0.15, -0.1) is 0 Å². The highest BCUT2D eigenvalue weighted by molar-refractivity contribution is 6.01. The average Bonchev–Trinajstić information content (AvgIpc) is 3.52. The Hall–Kier alpha value is -3.54. The van der Waals surface area contributed by atoms with Gasteiger partial charge in [0.2, 0.25) is 0 Å². The molecule has 1 N–H and O–H groups in total. The number of hydrogen-bond acceptors (Lipinski definition) is 9. The second-order valence-corrected chi connectivity index (χ2v) is 12.3. The molecule has 4 aromatic rings. The van der Waals surface area contributed by atoms with Gasteiger partial charge in [-0.25, -0.2) is 9.97 Å². The Labute approximate surface area is 279 Å². The standard InChI is InChI=1S/C37H50N6O4/c1-3-44-23-24-46-26-25-45-22-21-41-17-19-42(20-18-41)30-11-13-31(14-12-30)43-27-34(35-36(38-2)39-28-40-37(35)43)29-9-15-33(16-10-29)47-32-7-5-4-6-8-32/h4-10,15-16,27-28,30-31H,3,11-14,17-26H2,1-2H3,(H,38,39,40). The van der Waals surface area contributed by atoms with Gasteiger partial charge in [0.1, 0.15) is 29.3 Å². The number of anilines is 1. The average molecular weight is 643 g/mol. The smallest absolute Gasteiger partial charge is 0.146 e. The predicted molar refractivity (Wildman–Crippen MR) is 186 cm³/mol. The normalized spacial score (nSPS) is 19.3. The molecule has 0 atom stereocenters. The zero-order valence-electron chi connectivity index (χ0n) is 28.0. The summed E-state index contributed by atoms with van der Waals surface area (Å²) in [5.41, 5.74) is 3.27. The van der Waals surface area contributed by atoms with Crippen molar-refractivity contribution in [3.05, 3.63) is 67.1 Å².